The van der Waals surface area contributed by atoms with Crippen molar-refractivity contribution in [3.05, 3.63) is 65.4 Å². The van der Waals surface area contributed by atoms with Crippen molar-refractivity contribution in [3.63, 3.8) is 0 Å². The number of aryl methyl sites for hydroxylation is 1. The molecule has 0 aliphatic heterocycles. The van der Waals surface area contributed by atoms with Crippen molar-refractivity contribution in [1.82, 2.24) is 0 Å². The highest BCUT2D eigenvalue weighted by molar-refractivity contribution is 6.31. The minimum Gasteiger partial charge on any atom is -0.0763 e. The van der Waals surface area contributed by atoms with Crippen LogP contribution < -0.4 is 5.22 Å². The lowest BCUT2D eigenvalue weighted by Gasteiger charge is -2.19. The van der Waals surface area contributed by atoms with Crippen molar-refractivity contribution in [2.75, 3.05) is 0 Å². The van der Waals surface area contributed by atoms with Gasteiger partial charge in [-0.2, -0.15) is 0 Å². The normalized spacial score (nSPS) is 14.4. The molecule has 22 heavy (non-hydrogen) atoms. The van der Waals surface area contributed by atoms with Gasteiger partial charge in [-0.1, -0.05) is 54.6 Å². The Kier molecular flexibility index (Phi) is 1.80. The van der Waals surface area contributed by atoms with Crippen LogP contribution in [0.1, 0.15) is 12.0 Å². The van der Waals surface area contributed by atoms with Crippen LogP contribution in [0.25, 0.3) is 49.2 Å². The minimum atomic E-state index is 1.16. The molecule has 0 bridgehead atoms. The number of hydrogen-bond donors (Lipinski definition) is 0. The second-order valence-corrected chi connectivity index (χ2v) is 6.53. The van der Waals surface area contributed by atoms with E-state index in [9.17, 15) is 0 Å². The highest BCUT2D eigenvalue weighted by atomic mass is 14.2. The van der Waals surface area contributed by atoms with Gasteiger partial charge in [-0.25, -0.2) is 0 Å². The Balaban J connectivity index is 2.12. The van der Waals surface area contributed by atoms with Crippen molar-refractivity contribution in [3.8, 4) is 0 Å². The van der Waals surface area contributed by atoms with Crippen LogP contribution in [0, 0.1) is 0 Å². The summed E-state index contributed by atoms with van der Waals surface area (Å²) in [6.07, 6.45) is 4.73. The fourth-order valence-corrected chi connectivity index (χ4v) is 4.48. The summed E-state index contributed by atoms with van der Waals surface area (Å²) < 4.78 is 0. The van der Waals surface area contributed by atoms with Crippen molar-refractivity contribution in [2.24, 2.45) is 0 Å². The molecule has 1 aliphatic rings. The molecule has 5 aromatic carbocycles. The first kappa shape index (κ1) is 11.0. The summed E-state index contributed by atoms with van der Waals surface area (Å²) in [6.45, 7) is 0. The first-order valence-corrected chi connectivity index (χ1v) is 8.02. The summed E-state index contributed by atoms with van der Waals surface area (Å²) in [5, 5.41) is 12.8. The fourth-order valence-electron chi connectivity index (χ4n) is 4.48. The van der Waals surface area contributed by atoms with Gasteiger partial charge in [0.15, 0.2) is 0 Å². The third-order valence-electron chi connectivity index (χ3n) is 5.37. The highest BCUT2D eigenvalue weighted by Gasteiger charge is 2.16. The molecule has 6 rings (SSSR count). The molecule has 0 spiro atoms. The molecule has 102 valence electrons. The molecule has 0 radical (unpaired) electrons. The zero-order valence-corrected chi connectivity index (χ0v) is 12.2. The van der Waals surface area contributed by atoms with E-state index in [1.54, 1.807) is 0 Å². The maximum atomic E-state index is 2.43. The largest absolute Gasteiger partial charge is 0.0763 e. The van der Waals surface area contributed by atoms with Gasteiger partial charge in [-0.05, 0) is 72.8 Å². The molecule has 0 unspecified atom stereocenters. The Morgan fingerprint density at radius 3 is 2.32 bits per heavy atom. The molecular formula is C22H14. The van der Waals surface area contributed by atoms with Crippen molar-refractivity contribution < 1.29 is 0 Å². The molecule has 0 saturated heterocycles. The average molecular weight is 278 g/mol. The molecule has 0 nitrogen and oxygen atoms in total. The van der Waals surface area contributed by atoms with Gasteiger partial charge in [-0.3, -0.25) is 0 Å². The lowest BCUT2D eigenvalue weighted by atomic mass is 9.84. The molecule has 0 heteroatoms. The molecule has 0 N–H and O–H groups in total. The first-order valence-electron chi connectivity index (χ1n) is 8.02. The summed E-state index contributed by atoms with van der Waals surface area (Å²) in [6, 6.07) is 20.6. The summed E-state index contributed by atoms with van der Waals surface area (Å²) in [4.78, 5) is 0. The van der Waals surface area contributed by atoms with Crippen LogP contribution in [0.4, 0.5) is 0 Å². The van der Waals surface area contributed by atoms with Crippen molar-refractivity contribution in [1.29, 1.82) is 0 Å². The molecule has 0 atom stereocenters. The van der Waals surface area contributed by atoms with E-state index in [0.29, 0.717) is 0 Å². The van der Waals surface area contributed by atoms with Crippen LogP contribution in [0.15, 0.2) is 54.6 Å². The van der Waals surface area contributed by atoms with Crippen molar-refractivity contribution >= 4 is 49.2 Å². The van der Waals surface area contributed by atoms with Crippen molar-refractivity contribution in [2.45, 2.75) is 12.8 Å². The van der Waals surface area contributed by atoms with E-state index in [0.717, 1.165) is 6.42 Å². The Morgan fingerprint density at radius 1 is 0.591 bits per heavy atom. The minimum absolute atomic E-state index is 1.16. The third kappa shape index (κ3) is 1.16. The summed E-state index contributed by atoms with van der Waals surface area (Å²) in [5.74, 6) is 0. The Hall–Kier alpha value is -2.60. The second-order valence-electron chi connectivity index (χ2n) is 6.53. The SMILES string of the molecule is C1=c2ccc3cc4cccc5ccc6cc(c2c3c6c54)CC1. The molecule has 5 aromatic rings. The third-order valence-corrected chi connectivity index (χ3v) is 5.37. The molecule has 1 aliphatic carbocycles. The zero-order chi connectivity index (χ0) is 14.3. The van der Waals surface area contributed by atoms with E-state index in [1.807, 2.05) is 0 Å². The summed E-state index contributed by atoms with van der Waals surface area (Å²) >= 11 is 0. The molecule has 0 aromatic heterocycles. The van der Waals surface area contributed by atoms with Crippen LogP contribution in [0.5, 0.6) is 0 Å². The maximum absolute atomic E-state index is 2.43. The Bertz CT molecular complexity index is 1260. The predicted octanol–water partition coefficient (Wildman–Crippen LogP) is 5.18. The van der Waals surface area contributed by atoms with Gasteiger partial charge < -0.3 is 0 Å². The molecule has 0 fully saturated rings. The van der Waals surface area contributed by atoms with Gasteiger partial charge in [0, 0.05) is 0 Å². The van der Waals surface area contributed by atoms with Gasteiger partial charge in [0.1, 0.15) is 0 Å². The highest BCUT2D eigenvalue weighted by Crippen LogP contribution is 2.40. The standard InChI is InChI=1S/C22H14/c1-3-13-7-9-18-12-16-6-2-4-14-8-10-17-11-15(5-1)19(13)21(18)22(17)20(14)16/h1,3-5,7-12H,2,6H2. The van der Waals surface area contributed by atoms with E-state index in [2.05, 4.69) is 60.7 Å². The van der Waals surface area contributed by atoms with Gasteiger partial charge >= 0.3 is 0 Å². The van der Waals surface area contributed by atoms with Gasteiger partial charge in [0.25, 0.3) is 0 Å². The zero-order valence-electron chi connectivity index (χ0n) is 12.2. The van der Waals surface area contributed by atoms with Crippen LogP contribution in [0.3, 0.4) is 0 Å². The fraction of sp³-hybridized carbons (Fsp3) is 0.0909. The molecular weight excluding hydrogens is 264 g/mol. The smallest absolute Gasteiger partial charge is 0.00143 e. The van der Waals surface area contributed by atoms with Gasteiger partial charge in [0.2, 0.25) is 0 Å². The lowest BCUT2D eigenvalue weighted by molar-refractivity contribution is 1.04. The van der Waals surface area contributed by atoms with E-state index in [1.165, 1.54) is 60.3 Å². The van der Waals surface area contributed by atoms with E-state index < -0.39 is 0 Å². The molecule has 0 saturated carbocycles. The van der Waals surface area contributed by atoms with Crippen LogP contribution in [-0.4, -0.2) is 0 Å². The first-order chi connectivity index (χ1) is 10.9. The monoisotopic (exact) mass is 278 g/mol. The number of rotatable bonds is 0. The quantitative estimate of drug-likeness (QED) is 0.270. The maximum Gasteiger partial charge on any atom is -0.00143 e. The topological polar surface area (TPSA) is 0 Å². The van der Waals surface area contributed by atoms with Crippen LogP contribution >= 0.6 is 0 Å². The van der Waals surface area contributed by atoms with E-state index in [4.69, 9.17) is 0 Å². The van der Waals surface area contributed by atoms with E-state index in [-0.39, 0.29) is 0 Å². The molecule has 0 amide bonds. The Labute approximate surface area is 128 Å². The summed E-state index contributed by atoms with van der Waals surface area (Å²) in [7, 11) is 0. The lowest BCUT2D eigenvalue weighted by Crippen LogP contribution is -2.10. The number of hydrogen-bond acceptors (Lipinski definition) is 0. The predicted molar refractivity (Wildman–Crippen MR) is 95.7 cm³/mol. The van der Waals surface area contributed by atoms with Gasteiger partial charge in [-0.15, -0.1) is 0 Å². The second kappa shape index (κ2) is 3.59. The number of benzene rings is 5. The van der Waals surface area contributed by atoms with E-state index >= 15 is 0 Å². The average Bonchev–Trinajstić information content (AvgIpc) is 2.57. The van der Waals surface area contributed by atoms with Crippen LogP contribution in [0.2, 0.25) is 0 Å². The molecule has 0 heterocycles. The van der Waals surface area contributed by atoms with Crippen LogP contribution in [-0.2, 0) is 6.42 Å². The Morgan fingerprint density at radius 2 is 1.32 bits per heavy atom. The van der Waals surface area contributed by atoms with Gasteiger partial charge in [0.05, 0.1) is 0 Å². The summed E-state index contributed by atoms with van der Waals surface area (Å²) in [5.41, 5.74) is 1.52.